The molecular weight excluding hydrogens is 540 g/mol. The summed E-state index contributed by atoms with van der Waals surface area (Å²) in [5.41, 5.74) is 4.36. The molecule has 0 fully saturated rings. The molecule has 0 aromatic heterocycles. The monoisotopic (exact) mass is 572 g/mol. The summed E-state index contributed by atoms with van der Waals surface area (Å²) in [5.74, 6) is 0.660. The lowest BCUT2D eigenvalue weighted by Crippen LogP contribution is -2.41. The molecule has 8 heteroatoms. The molecule has 0 aliphatic rings. The van der Waals surface area contributed by atoms with Gasteiger partial charge in [0.05, 0.1) is 23.7 Å². The first-order chi connectivity index (χ1) is 16.9. The Morgan fingerprint density at radius 1 is 0.972 bits per heavy atom. The number of nitrogens with one attached hydrogen (secondary N) is 1. The molecule has 6 nitrogen and oxygen atoms in total. The summed E-state index contributed by atoms with van der Waals surface area (Å²) in [7, 11) is -2.32. The zero-order valence-corrected chi connectivity index (χ0v) is 23.9. The van der Waals surface area contributed by atoms with Gasteiger partial charge in [0.2, 0.25) is 5.91 Å². The second-order valence-corrected chi connectivity index (χ2v) is 12.0. The summed E-state index contributed by atoms with van der Waals surface area (Å²) >= 11 is 3.38. The number of carbonyl (C=O) groups excluding carboxylic acids is 1. The zero-order chi connectivity index (χ0) is 26.6. The first kappa shape index (κ1) is 27.7. The van der Waals surface area contributed by atoms with E-state index < -0.39 is 15.9 Å². The molecule has 0 spiro atoms. The van der Waals surface area contributed by atoms with Gasteiger partial charge in [-0.3, -0.25) is 9.10 Å². The predicted octanol–water partition coefficient (Wildman–Crippen LogP) is 6.27. The number of rotatable bonds is 9. The average molecular weight is 574 g/mol. The van der Waals surface area contributed by atoms with E-state index in [1.807, 2.05) is 26.8 Å². The number of nitrogens with zero attached hydrogens (tertiary/aromatic N) is 1. The molecule has 0 saturated carbocycles. The molecule has 192 valence electrons. The lowest BCUT2D eigenvalue weighted by atomic mass is 9.93. The summed E-state index contributed by atoms with van der Waals surface area (Å²) in [6.07, 6.45) is 0. The second-order valence-electron chi connectivity index (χ2n) is 9.20. The van der Waals surface area contributed by atoms with Crippen LogP contribution in [0.3, 0.4) is 0 Å². The van der Waals surface area contributed by atoms with Crippen molar-refractivity contribution in [2.45, 2.75) is 51.5 Å². The molecule has 0 heterocycles. The highest BCUT2D eigenvalue weighted by molar-refractivity contribution is 9.10. The molecule has 1 unspecified atom stereocenters. The van der Waals surface area contributed by atoms with Crippen LogP contribution < -0.4 is 14.4 Å². The van der Waals surface area contributed by atoms with Gasteiger partial charge >= 0.3 is 0 Å². The second kappa shape index (κ2) is 11.5. The van der Waals surface area contributed by atoms with Crippen LogP contribution in [0.5, 0.6) is 5.75 Å². The van der Waals surface area contributed by atoms with Crippen molar-refractivity contribution in [3.05, 3.63) is 87.4 Å². The minimum atomic E-state index is -3.97. The quantitative estimate of drug-likeness (QED) is 0.328. The van der Waals surface area contributed by atoms with E-state index in [-0.39, 0.29) is 23.4 Å². The third-order valence-electron chi connectivity index (χ3n) is 6.10. The van der Waals surface area contributed by atoms with Crippen LogP contribution in [-0.4, -0.2) is 28.0 Å². The molecule has 0 aliphatic heterocycles. The van der Waals surface area contributed by atoms with Crippen molar-refractivity contribution < 1.29 is 17.9 Å². The molecule has 0 bridgehead atoms. The van der Waals surface area contributed by atoms with E-state index in [2.05, 4.69) is 41.2 Å². The van der Waals surface area contributed by atoms with Gasteiger partial charge in [-0.15, -0.1) is 0 Å². The maximum absolute atomic E-state index is 13.6. The van der Waals surface area contributed by atoms with Crippen LogP contribution in [0.4, 0.5) is 5.69 Å². The van der Waals surface area contributed by atoms with Crippen LogP contribution in [-0.2, 0) is 14.8 Å². The molecule has 0 aliphatic carbocycles. The highest BCUT2D eigenvalue weighted by Crippen LogP contribution is 2.32. The Balaban J connectivity index is 1.91. The molecule has 0 radical (unpaired) electrons. The van der Waals surface area contributed by atoms with E-state index in [0.29, 0.717) is 5.69 Å². The lowest BCUT2D eigenvalue weighted by Gasteiger charge is -2.26. The van der Waals surface area contributed by atoms with Gasteiger partial charge in [-0.05, 0) is 91.9 Å². The molecule has 3 aromatic carbocycles. The minimum Gasteiger partial charge on any atom is -0.496 e. The number of benzene rings is 3. The van der Waals surface area contributed by atoms with Crippen LogP contribution >= 0.6 is 15.9 Å². The fraction of sp³-hybridized carbons (Fsp3) is 0.321. The van der Waals surface area contributed by atoms with Crippen LogP contribution in [0.2, 0.25) is 0 Å². The number of halogens is 1. The first-order valence-electron chi connectivity index (χ1n) is 11.8. The average Bonchev–Trinajstić information content (AvgIpc) is 2.82. The van der Waals surface area contributed by atoms with E-state index in [0.717, 1.165) is 36.8 Å². The molecule has 3 aromatic rings. The summed E-state index contributed by atoms with van der Waals surface area (Å²) in [5, 5.41) is 2.99. The summed E-state index contributed by atoms with van der Waals surface area (Å²) in [6, 6.07) is 17.2. The van der Waals surface area contributed by atoms with Crippen LogP contribution in [0, 0.1) is 13.8 Å². The molecule has 3 rings (SSSR count). The van der Waals surface area contributed by atoms with E-state index in [1.54, 1.807) is 55.6 Å². The normalized spacial score (nSPS) is 12.3. The number of methoxy groups -OCH3 is 1. The Morgan fingerprint density at radius 3 is 2.14 bits per heavy atom. The van der Waals surface area contributed by atoms with Crippen molar-refractivity contribution in [3.8, 4) is 5.75 Å². The van der Waals surface area contributed by atoms with Gasteiger partial charge in [0, 0.05) is 4.47 Å². The van der Waals surface area contributed by atoms with Gasteiger partial charge in [-0.25, -0.2) is 8.42 Å². The number of amides is 1. The Labute approximate surface area is 222 Å². The molecular formula is C28H33BrN2O4S. The Hall–Kier alpha value is -2.84. The highest BCUT2D eigenvalue weighted by atomic mass is 79.9. The van der Waals surface area contributed by atoms with Crippen molar-refractivity contribution in [2.24, 2.45) is 0 Å². The van der Waals surface area contributed by atoms with E-state index in [4.69, 9.17) is 4.74 Å². The van der Waals surface area contributed by atoms with Gasteiger partial charge in [-0.2, -0.15) is 0 Å². The Kier molecular flexibility index (Phi) is 8.84. The van der Waals surface area contributed by atoms with Gasteiger partial charge in [0.15, 0.2) is 0 Å². The van der Waals surface area contributed by atoms with Gasteiger partial charge in [-0.1, -0.05) is 47.5 Å². The van der Waals surface area contributed by atoms with Crippen molar-refractivity contribution in [1.29, 1.82) is 0 Å². The van der Waals surface area contributed by atoms with Crippen molar-refractivity contribution >= 4 is 37.5 Å². The molecule has 1 N–H and O–H groups in total. The van der Waals surface area contributed by atoms with Gasteiger partial charge in [0.1, 0.15) is 12.3 Å². The highest BCUT2D eigenvalue weighted by Gasteiger charge is 2.28. The fourth-order valence-corrected chi connectivity index (χ4v) is 5.75. The summed E-state index contributed by atoms with van der Waals surface area (Å²) in [4.78, 5) is 13.3. The van der Waals surface area contributed by atoms with Crippen molar-refractivity contribution in [2.75, 3.05) is 18.0 Å². The number of hydrogen-bond donors (Lipinski definition) is 1. The number of aryl methyl sites for hydroxylation is 2. The minimum absolute atomic E-state index is 0.129. The number of ether oxygens (including phenoxy) is 1. The number of hydrogen-bond acceptors (Lipinski definition) is 4. The predicted molar refractivity (Wildman–Crippen MR) is 148 cm³/mol. The van der Waals surface area contributed by atoms with Crippen LogP contribution in [0.15, 0.2) is 70.0 Å². The standard InChI is InChI=1S/C28H33BrN2O4S/c1-18(2)25-16-26(20(4)15-27(25)35-6)21(5)30-28(32)17-31(23-11-9-22(29)10-12-23)36(33,34)24-13-7-19(3)8-14-24/h7-16,18,21H,17H2,1-6H3,(H,30,32). The maximum Gasteiger partial charge on any atom is 0.264 e. The molecule has 36 heavy (non-hydrogen) atoms. The summed E-state index contributed by atoms with van der Waals surface area (Å²) < 4.78 is 34.7. The lowest BCUT2D eigenvalue weighted by molar-refractivity contribution is -0.120. The van der Waals surface area contributed by atoms with Crippen molar-refractivity contribution in [1.82, 2.24) is 5.32 Å². The fourth-order valence-electron chi connectivity index (χ4n) is 4.07. The zero-order valence-electron chi connectivity index (χ0n) is 21.5. The first-order valence-corrected chi connectivity index (χ1v) is 14.0. The third kappa shape index (κ3) is 6.28. The van der Waals surface area contributed by atoms with E-state index in [1.165, 1.54) is 0 Å². The SMILES string of the molecule is COc1cc(C)c(C(C)NC(=O)CN(c2ccc(Br)cc2)S(=O)(=O)c2ccc(C)cc2)cc1C(C)C. The van der Waals surface area contributed by atoms with Crippen LogP contribution in [0.25, 0.3) is 0 Å². The summed E-state index contributed by atoms with van der Waals surface area (Å²) in [6.45, 7) is 9.59. The topological polar surface area (TPSA) is 75.7 Å². The molecule has 1 atom stereocenters. The maximum atomic E-state index is 13.6. The molecule has 1 amide bonds. The number of sulfonamides is 1. The number of anilines is 1. The molecule has 0 saturated heterocycles. The smallest absolute Gasteiger partial charge is 0.264 e. The van der Waals surface area contributed by atoms with E-state index >= 15 is 0 Å². The Morgan fingerprint density at radius 2 is 1.58 bits per heavy atom. The number of carbonyl (C=O) groups is 1. The van der Waals surface area contributed by atoms with E-state index in [9.17, 15) is 13.2 Å². The Bertz CT molecular complexity index is 1320. The van der Waals surface area contributed by atoms with Crippen LogP contribution in [0.1, 0.15) is 55.0 Å². The van der Waals surface area contributed by atoms with Crippen molar-refractivity contribution in [3.63, 3.8) is 0 Å². The van der Waals surface area contributed by atoms with Gasteiger partial charge in [0.25, 0.3) is 10.0 Å². The third-order valence-corrected chi connectivity index (χ3v) is 8.41. The largest absolute Gasteiger partial charge is 0.496 e. The van der Waals surface area contributed by atoms with Gasteiger partial charge < -0.3 is 10.1 Å².